The molecule has 2 nitrogen and oxygen atoms in total. The van der Waals surface area contributed by atoms with E-state index in [1.54, 1.807) is 0 Å². The first kappa shape index (κ1) is 11.5. The normalized spacial score (nSPS) is 17.6. The summed E-state index contributed by atoms with van der Waals surface area (Å²) in [4.78, 5) is 11.5. The minimum atomic E-state index is -0.155. The molecule has 1 aromatic carbocycles. The Balaban J connectivity index is 2.28. The fourth-order valence-corrected chi connectivity index (χ4v) is 2.47. The van der Waals surface area contributed by atoms with E-state index < -0.39 is 0 Å². The summed E-state index contributed by atoms with van der Waals surface area (Å²) in [5.74, 6) is -0.0437. The lowest BCUT2D eigenvalue weighted by Crippen LogP contribution is -2.51. The van der Waals surface area contributed by atoms with E-state index in [0.717, 1.165) is 19.3 Å². The van der Waals surface area contributed by atoms with E-state index in [9.17, 15) is 4.79 Å². The molecule has 0 heterocycles. The molecule has 0 saturated heterocycles. The monoisotopic (exact) mass is 237 g/mol. The van der Waals surface area contributed by atoms with Gasteiger partial charge < -0.3 is 5.32 Å². The van der Waals surface area contributed by atoms with Crippen molar-refractivity contribution in [3.05, 3.63) is 35.4 Å². The Morgan fingerprint density at radius 1 is 1.44 bits per heavy atom. The number of nitrogens with one attached hydrogen (secondary N) is 1. The summed E-state index contributed by atoms with van der Waals surface area (Å²) in [7, 11) is 0. The quantitative estimate of drug-likeness (QED) is 0.805. The van der Waals surface area contributed by atoms with Crippen LogP contribution in [0.15, 0.2) is 24.3 Å². The molecule has 1 amide bonds. The van der Waals surface area contributed by atoms with Gasteiger partial charge in [0.15, 0.2) is 0 Å². The van der Waals surface area contributed by atoms with Gasteiger partial charge in [0.25, 0.3) is 0 Å². The van der Waals surface area contributed by atoms with Gasteiger partial charge in [0.1, 0.15) is 5.88 Å². The number of aryl methyl sites for hydroxylation is 1. The van der Waals surface area contributed by atoms with Gasteiger partial charge in [-0.2, -0.15) is 0 Å². The van der Waals surface area contributed by atoms with Crippen molar-refractivity contribution in [2.75, 3.05) is 5.88 Å². The number of amides is 1. The maximum atomic E-state index is 11.5. The lowest BCUT2D eigenvalue weighted by atomic mass is 9.70. The molecule has 1 fully saturated rings. The number of carbonyl (C=O) groups is 1. The number of rotatable bonds is 3. The van der Waals surface area contributed by atoms with Gasteiger partial charge >= 0.3 is 0 Å². The van der Waals surface area contributed by atoms with Crippen LogP contribution in [-0.2, 0) is 10.3 Å². The summed E-state index contributed by atoms with van der Waals surface area (Å²) in [5.41, 5.74) is 2.31. The summed E-state index contributed by atoms with van der Waals surface area (Å²) in [5, 5.41) is 3.07. The molecule has 0 aliphatic heterocycles. The van der Waals surface area contributed by atoms with Crippen LogP contribution in [0.25, 0.3) is 0 Å². The molecule has 0 unspecified atom stereocenters. The number of carbonyl (C=O) groups excluding carboxylic acids is 1. The zero-order valence-corrected chi connectivity index (χ0v) is 10.2. The third-order valence-electron chi connectivity index (χ3n) is 3.37. The molecular formula is C13H16ClNO. The lowest BCUT2D eigenvalue weighted by molar-refractivity contribution is -0.121. The zero-order chi connectivity index (χ0) is 11.6. The number of benzene rings is 1. The molecular weight excluding hydrogens is 222 g/mol. The van der Waals surface area contributed by atoms with E-state index in [1.165, 1.54) is 11.1 Å². The highest BCUT2D eigenvalue weighted by molar-refractivity contribution is 6.27. The number of alkyl halides is 1. The Labute approximate surface area is 101 Å². The second-order valence-electron chi connectivity index (χ2n) is 4.43. The Morgan fingerprint density at radius 3 is 2.62 bits per heavy atom. The predicted molar refractivity (Wildman–Crippen MR) is 65.6 cm³/mol. The summed E-state index contributed by atoms with van der Waals surface area (Å²) < 4.78 is 0. The number of hydrogen-bond acceptors (Lipinski definition) is 1. The molecule has 2 rings (SSSR count). The number of halogens is 1. The van der Waals surface area contributed by atoms with Crippen LogP contribution in [0.2, 0.25) is 0 Å². The Hall–Kier alpha value is -1.02. The van der Waals surface area contributed by atoms with Gasteiger partial charge in [-0.25, -0.2) is 0 Å². The summed E-state index contributed by atoms with van der Waals surface area (Å²) >= 11 is 5.55. The molecule has 3 heteroatoms. The third-order valence-corrected chi connectivity index (χ3v) is 3.61. The van der Waals surface area contributed by atoms with Crippen molar-refractivity contribution in [2.24, 2.45) is 0 Å². The second kappa shape index (κ2) is 4.46. The van der Waals surface area contributed by atoms with E-state index in [2.05, 4.69) is 24.4 Å². The highest BCUT2D eigenvalue weighted by Crippen LogP contribution is 2.42. The highest BCUT2D eigenvalue weighted by Gasteiger charge is 2.40. The standard InChI is InChI=1S/C13H16ClNO/c1-10-5-2-3-6-11(10)13(7-4-8-13)15-12(16)9-14/h2-3,5-6H,4,7-9H2,1H3,(H,15,16). The zero-order valence-electron chi connectivity index (χ0n) is 9.42. The van der Waals surface area contributed by atoms with Gasteiger partial charge in [0.05, 0.1) is 5.54 Å². The van der Waals surface area contributed by atoms with Crippen molar-refractivity contribution >= 4 is 17.5 Å². The van der Waals surface area contributed by atoms with Gasteiger partial charge in [0, 0.05) is 0 Å². The maximum absolute atomic E-state index is 11.5. The van der Waals surface area contributed by atoms with Gasteiger partial charge in [-0.15, -0.1) is 11.6 Å². The van der Waals surface area contributed by atoms with Crippen LogP contribution in [0, 0.1) is 6.92 Å². The van der Waals surface area contributed by atoms with Crippen LogP contribution in [0.3, 0.4) is 0 Å². The van der Waals surface area contributed by atoms with E-state index in [1.807, 2.05) is 12.1 Å². The van der Waals surface area contributed by atoms with Crippen molar-refractivity contribution in [3.8, 4) is 0 Å². The van der Waals surface area contributed by atoms with E-state index >= 15 is 0 Å². The van der Waals surface area contributed by atoms with E-state index in [-0.39, 0.29) is 17.3 Å². The fourth-order valence-electron chi connectivity index (χ4n) is 2.40. The van der Waals surface area contributed by atoms with Gasteiger partial charge in [-0.3, -0.25) is 4.79 Å². The fraction of sp³-hybridized carbons (Fsp3) is 0.462. The molecule has 0 atom stereocenters. The Morgan fingerprint density at radius 2 is 2.12 bits per heavy atom. The average Bonchev–Trinajstić information content (AvgIpc) is 2.24. The van der Waals surface area contributed by atoms with Gasteiger partial charge in [-0.1, -0.05) is 24.3 Å². The van der Waals surface area contributed by atoms with E-state index in [0.29, 0.717) is 0 Å². The molecule has 0 radical (unpaired) electrons. The topological polar surface area (TPSA) is 29.1 Å². The number of hydrogen-bond donors (Lipinski definition) is 1. The largest absolute Gasteiger partial charge is 0.346 e. The van der Waals surface area contributed by atoms with Crippen LogP contribution in [-0.4, -0.2) is 11.8 Å². The third kappa shape index (κ3) is 1.94. The van der Waals surface area contributed by atoms with E-state index in [4.69, 9.17) is 11.6 Å². The second-order valence-corrected chi connectivity index (χ2v) is 4.70. The summed E-state index contributed by atoms with van der Waals surface area (Å²) in [6.45, 7) is 2.09. The first-order valence-corrected chi connectivity index (χ1v) is 6.14. The first-order valence-electron chi connectivity index (χ1n) is 5.61. The molecule has 1 aliphatic carbocycles. The molecule has 16 heavy (non-hydrogen) atoms. The molecule has 1 aromatic rings. The molecule has 1 N–H and O–H groups in total. The highest BCUT2D eigenvalue weighted by atomic mass is 35.5. The van der Waals surface area contributed by atoms with Crippen molar-refractivity contribution in [2.45, 2.75) is 31.7 Å². The average molecular weight is 238 g/mol. The van der Waals surface area contributed by atoms with Gasteiger partial charge in [0.2, 0.25) is 5.91 Å². The molecule has 0 bridgehead atoms. The molecule has 1 aliphatic rings. The first-order chi connectivity index (χ1) is 7.68. The minimum Gasteiger partial charge on any atom is -0.346 e. The Bertz CT molecular complexity index is 399. The van der Waals surface area contributed by atoms with Crippen LogP contribution in [0.1, 0.15) is 30.4 Å². The summed E-state index contributed by atoms with van der Waals surface area (Å²) in [6, 6.07) is 8.23. The maximum Gasteiger partial charge on any atom is 0.235 e. The smallest absolute Gasteiger partial charge is 0.235 e. The molecule has 86 valence electrons. The van der Waals surface area contributed by atoms with Crippen LogP contribution >= 0.6 is 11.6 Å². The predicted octanol–water partition coefficient (Wildman–Crippen LogP) is 2.73. The molecule has 0 spiro atoms. The Kier molecular flexibility index (Phi) is 3.20. The van der Waals surface area contributed by atoms with Crippen LogP contribution in [0.5, 0.6) is 0 Å². The molecule has 0 aromatic heterocycles. The SMILES string of the molecule is Cc1ccccc1C1(NC(=O)CCl)CCC1. The minimum absolute atomic E-state index is 0.0353. The molecule has 1 saturated carbocycles. The summed E-state index contributed by atoms with van der Waals surface area (Å²) in [6.07, 6.45) is 3.19. The van der Waals surface area contributed by atoms with Crippen molar-refractivity contribution in [3.63, 3.8) is 0 Å². The van der Waals surface area contributed by atoms with Crippen molar-refractivity contribution in [1.82, 2.24) is 5.32 Å². The van der Waals surface area contributed by atoms with Gasteiger partial charge in [-0.05, 0) is 37.3 Å². The van der Waals surface area contributed by atoms with Crippen LogP contribution in [0.4, 0.5) is 0 Å². The van der Waals surface area contributed by atoms with Crippen molar-refractivity contribution in [1.29, 1.82) is 0 Å². The van der Waals surface area contributed by atoms with Crippen molar-refractivity contribution < 1.29 is 4.79 Å². The lowest BCUT2D eigenvalue weighted by Gasteiger charge is -2.43. The van der Waals surface area contributed by atoms with Crippen LogP contribution < -0.4 is 5.32 Å².